The van der Waals surface area contributed by atoms with Gasteiger partial charge in [0.25, 0.3) is 0 Å². The van der Waals surface area contributed by atoms with Crippen LogP contribution in [-0.2, 0) is 0 Å². The molecule has 1 heterocycles. The molecular weight excluding hydrogens is 222 g/mol. The van der Waals surface area contributed by atoms with Crippen LogP contribution >= 0.6 is 0 Å². The first-order valence-corrected chi connectivity index (χ1v) is 7.76. The third kappa shape index (κ3) is 5.68. The first-order chi connectivity index (χ1) is 8.65. The highest BCUT2D eigenvalue weighted by Crippen LogP contribution is 2.15. The monoisotopic (exact) mass is 255 g/mol. The van der Waals surface area contributed by atoms with Crippen LogP contribution in [0.4, 0.5) is 0 Å². The van der Waals surface area contributed by atoms with Crippen molar-refractivity contribution < 1.29 is 0 Å². The zero-order valence-electron chi connectivity index (χ0n) is 12.9. The summed E-state index contributed by atoms with van der Waals surface area (Å²) in [6, 6.07) is 1.43. The van der Waals surface area contributed by atoms with E-state index < -0.39 is 0 Å². The molecule has 0 aromatic carbocycles. The molecule has 1 rings (SSSR count). The highest BCUT2D eigenvalue weighted by molar-refractivity contribution is 4.81. The molecule has 2 unspecified atom stereocenters. The van der Waals surface area contributed by atoms with E-state index in [2.05, 4.69) is 43.1 Å². The molecule has 0 saturated carbocycles. The molecule has 3 nitrogen and oxygen atoms in total. The van der Waals surface area contributed by atoms with Gasteiger partial charge in [0, 0.05) is 25.2 Å². The molecule has 1 aliphatic heterocycles. The first-order valence-electron chi connectivity index (χ1n) is 7.76. The molecule has 108 valence electrons. The molecule has 0 bridgehead atoms. The normalized spacial score (nSPS) is 23.5. The Balaban J connectivity index is 2.18. The van der Waals surface area contributed by atoms with Crippen molar-refractivity contribution in [2.24, 2.45) is 0 Å². The summed E-state index contributed by atoms with van der Waals surface area (Å²) in [5.41, 5.74) is 0. The molecule has 0 amide bonds. The van der Waals surface area contributed by atoms with Gasteiger partial charge in [-0.2, -0.15) is 0 Å². The van der Waals surface area contributed by atoms with Gasteiger partial charge in [0.05, 0.1) is 0 Å². The predicted octanol–water partition coefficient (Wildman–Crippen LogP) is 2.18. The molecule has 0 spiro atoms. The van der Waals surface area contributed by atoms with Gasteiger partial charge < -0.3 is 10.2 Å². The van der Waals surface area contributed by atoms with E-state index in [-0.39, 0.29) is 0 Å². The Morgan fingerprint density at radius 2 is 2.11 bits per heavy atom. The van der Waals surface area contributed by atoms with Crippen molar-refractivity contribution in [2.75, 3.05) is 40.3 Å². The molecule has 1 saturated heterocycles. The maximum Gasteiger partial charge on any atom is 0.0217 e. The van der Waals surface area contributed by atoms with E-state index in [0.29, 0.717) is 6.04 Å². The molecule has 1 fully saturated rings. The fourth-order valence-electron chi connectivity index (χ4n) is 2.75. The van der Waals surface area contributed by atoms with Crippen LogP contribution in [-0.4, -0.2) is 62.2 Å². The van der Waals surface area contributed by atoms with Crippen molar-refractivity contribution in [3.63, 3.8) is 0 Å². The first kappa shape index (κ1) is 15.9. The topological polar surface area (TPSA) is 18.5 Å². The molecule has 1 aliphatic rings. The number of unbranched alkanes of at least 4 members (excludes halogenated alkanes) is 2. The minimum atomic E-state index is 0.675. The number of hydrogen-bond acceptors (Lipinski definition) is 3. The third-order valence-electron chi connectivity index (χ3n) is 4.18. The lowest BCUT2D eigenvalue weighted by molar-refractivity contribution is 0.102. The number of nitrogens with zero attached hydrogens (tertiary/aromatic N) is 2. The maximum atomic E-state index is 3.61. The van der Waals surface area contributed by atoms with Crippen molar-refractivity contribution in [3.05, 3.63) is 0 Å². The number of rotatable bonds is 8. The zero-order chi connectivity index (χ0) is 13.4. The lowest BCUT2D eigenvalue weighted by atomic mass is 10.0. The molecule has 1 N–H and O–H groups in total. The quantitative estimate of drug-likeness (QED) is 0.671. The second kappa shape index (κ2) is 8.89. The van der Waals surface area contributed by atoms with E-state index in [1.807, 2.05) is 0 Å². The van der Waals surface area contributed by atoms with Crippen molar-refractivity contribution in [2.45, 2.75) is 58.0 Å². The van der Waals surface area contributed by atoms with Crippen LogP contribution in [0.15, 0.2) is 0 Å². The fourth-order valence-corrected chi connectivity index (χ4v) is 2.75. The van der Waals surface area contributed by atoms with Gasteiger partial charge in [-0.1, -0.05) is 19.8 Å². The van der Waals surface area contributed by atoms with Gasteiger partial charge in [0.15, 0.2) is 0 Å². The number of hydrogen-bond donors (Lipinski definition) is 1. The highest BCUT2D eigenvalue weighted by Gasteiger charge is 2.24. The average Bonchev–Trinajstić information content (AvgIpc) is 2.38. The summed E-state index contributed by atoms with van der Waals surface area (Å²) < 4.78 is 0. The highest BCUT2D eigenvalue weighted by atomic mass is 15.2. The van der Waals surface area contributed by atoms with E-state index in [4.69, 9.17) is 0 Å². The van der Waals surface area contributed by atoms with Crippen LogP contribution < -0.4 is 5.32 Å². The van der Waals surface area contributed by atoms with E-state index in [1.165, 1.54) is 51.7 Å². The summed E-state index contributed by atoms with van der Waals surface area (Å²) in [6.07, 6.45) is 6.70. The molecule has 3 heteroatoms. The van der Waals surface area contributed by atoms with Crippen molar-refractivity contribution >= 4 is 0 Å². The molecule has 2 atom stereocenters. The summed E-state index contributed by atoms with van der Waals surface area (Å²) >= 11 is 0. The lowest BCUT2D eigenvalue weighted by Crippen LogP contribution is -2.50. The molecule has 0 aliphatic carbocycles. The Hall–Kier alpha value is -0.120. The van der Waals surface area contributed by atoms with Crippen LogP contribution in [0.5, 0.6) is 0 Å². The number of likely N-dealkylation sites (N-methyl/N-ethyl adjacent to an activating group) is 1. The maximum absolute atomic E-state index is 3.61. The Bertz CT molecular complexity index is 206. The Kier molecular flexibility index (Phi) is 7.87. The fraction of sp³-hybridized carbons (Fsp3) is 1.00. The number of nitrogens with one attached hydrogen (secondary N) is 1. The Labute approximate surface area is 114 Å². The van der Waals surface area contributed by atoms with Gasteiger partial charge >= 0.3 is 0 Å². The van der Waals surface area contributed by atoms with Crippen molar-refractivity contribution in [3.8, 4) is 0 Å². The van der Waals surface area contributed by atoms with Crippen molar-refractivity contribution in [1.82, 2.24) is 15.1 Å². The van der Waals surface area contributed by atoms with Crippen LogP contribution in [0.3, 0.4) is 0 Å². The summed E-state index contributed by atoms with van der Waals surface area (Å²) in [5.74, 6) is 0. The summed E-state index contributed by atoms with van der Waals surface area (Å²) in [5, 5.41) is 3.61. The van der Waals surface area contributed by atoms with Crippen LogP contribution in [0, 0.1) is 0 Å². The molecule has 18 heavy (non-hydrogen) atoms. The van der Waals surface area contributed by atoms with Gasteiger partial charge in [-0.15, -0.1) is 0 Å². The second-order valence-corrected chi connectivity index (χ2v) is 6.01. The predicted molar refractivity (Wildman–Crippen MR) is 80.1 cm³/mol. The SMILES string of the molecule is CCCCCNCC(C)N1CCCC(N(C)C)C1. The number of piperidine rings is 1. The Morgan fingerprint density at radius 3 is 2.78 bits per heavy atom. The van der Waals surface area contributed by atoms with Crippen LogP contribution in [0.25, 0.3) is 0 Å². The standard InChI is InChI=1S/C15H33N3/c1-5-6-7-10-16-12-14(2)18-11-8-9-15(13-18)17(3)4/h14-16H,5-13H2,1-4H3. The van der Waals surface area contributed by atoms with Gasteiger partial charge in [-0.25, -0.2) is 0 Å². The summed E-state index contributed by atoms with van der Waals surface area (Å²) in [7, 11) is 4.42. The minimum absolute atomic E-state index is 0.675. The zero-order valence-corrected chi connectivity index (χ0v) is 12.9. The van der Waals surface area contributed by atoms with Gasteiger partial charge in [0.2, 0.25) is 0 Å². The Morgan fingerprint density at radius 1 is 1.33 bits per heavy atom. The molecule has 0 aromatic heterocycles. The largest absolute Gasteiger partial charge is 0.315 e. The van der Waals surface area contributed by atoms with Gasteiger partial charge in [-0.05, 0) is 53.4 Å². The smallest absolute Gasteiger partial charge is 0.0217 e. The molecular formula is C15H33N3. The third-order valence-corrected chi connectivity index (χ3v) is 4.18. The summed E-state index contributed by atoms with van der Waals surface area (Å²) in [4.78, 5) is 5.04. The van der Waals surface area contributed by atoms with E-state index >= 15 is 0 Å². The van der Waals surface area contributed by atoms with E-state index in [0.717, 1.165) is 12.6 Å². The van der Waals surface area contributed by atoms with Gasteiger partial charge in [0.1, 0.15) is 0 Å². The van der Waals surface area contributed by atoms with Crippen LogP contribution in [0.1, 0.15) is 46.0 Å². The molecule has 0 radical (unpaired) electrons. The van der Waals surface area contributed by atoms with E-state index in [9.17, 15) is 0 Å². The van der Waals surface area contributed by atoms with Gasteiger partial charge in [-0.3, -0.25) is 4.90 Å². The van der Waals surface area contributed by atoms with E-state index in [1.54, 1.807) is 0 Å². The minimum Gasteiger partial charge on any atom is -0.315 e. The second-order valence-electron chi connectivity index (χ2n) is 6.01. The lowest BCUT2D eigenvalue weighted by Gasteiger charge is -2.39. The average molecular weight is 255 g/mol. The number of likely N-dealkylation sites (tertiary alicyclic amines) is 1. The molecule has 0 aromatic rings. The summed E-state index contributed by atoms with van der Waals surface area (Å²) in [6.45, 7) is 9.47. The van der Waals surface area contributed by atoms with Crippen LogP contribution in [0.2, 0.25) is 0 Å². The van der Waals surface area contributed by atoms with Crippen molar-refractivity contribution in [1.29, 1.82) is 0 Å².